The number of Topliss-reactive ketones (excluding diaryl/α,β-unsaturated/α-hetero) is 1. The molecule has 5 nitrogen and oxygen atoms in total. The first-order valence-corrected chi connectivity index (χ1v) is 12.2. The first-order valence-electron chi connectivity index (χ1n) is 11.3. The van der Waals surface area contributed by atoms with E-state index in [1.165, 1.54) is 23.2 Å². The van der Waals surface area contributed by atoms with E-state index < -0.39 is 6.04 Å². The number of hydrogen-bond acceptors (Lipinski definition) is 4. The van der Waals surface area contributed by atoms with E-state index in [0.29, 0.717) is 23.4 Å². The molecule has 1 N–H and O–H groups in total. The molecule has 0 radical (unpaired) electrons. The highest BCUT2D eigenvalue weighted by atomic mass is 32.1. The topological polar surface area (TPSA) is 66.5 Å². The fraction of sp³-hybridized carbons (Fsp3) is 0.138. The molecule has 0 bridgehead atoms. The Labute approximate surface area is 209 Å². The molecule has 0 saturated heterocycles. The van der Waals surface area contributed by atoms with E-state index in [9.17, 15) is 14.4 Å². The first-order chi connectivity index (χ1) is 17.0. The van der Waals surface area contributed by atoms with Crippen LogP contribution in [0.3, 0.4) is 0 Å². The van der Waals surface area contributed by atoms with Crippen molar-refractivity contribution in [2.45, 2.75) is 25.9 Å². The van der Waals surface area contributed by atoms with Gasteiger partial charge >= 0.3 is 0 Å². The van der Waals surface area contributed by atoms with Crippen molar-refractivity contribution in [3.05, 3.63) is 124 Å². The number of amides is 2. The second-order valence-electron chi connectivity index (χ2n) is 8.14. The van der Waals surface area contributed by atoms with Gasteiger partial charge in [-0.1, -0.05) is 78.9 Å². The van der Waals surface area contributed by atoms with Crippen molar-refractivity contribution in [3.8, 4) is 0 Å². The maximum absolute atomic E-state index is 13.8. The summed E-state index contributed by atoms with van der Waals surface area (Å²) in [7, 11) is 0. The lowest BCUT2D eigenvalue weighted by Crippen LogP contribution is -2.44. The van der Waals surface area contributed by atoms with Crippen LogP contribution in [0.2, 0.25) is 0 Å². The largest absolute Gasteiger partial charge is 0.350 e. The second-order valence-corrected chi connectivity index (χ2v) is 9.18. The van der Waals surface area contributed by atoms with Crippen molar-refractivity contribution in [3.63, 3.8) is 0 Å². The summed E-state index contributed by atoms with van der Waals surface area (Å²) in [6, 6.07) is 28.7. The number of nitrogens with one attached hydrogen (secondary N) is 1. The molecule has 0 aliphatic heterocycles. The van der Waals surface area contributed by atoms with Crippen LogP contribution < -0.4 is 10.2 Å². The van der Waals surface area contributed by atoms with Gasteiger partial charge in [0.1, 0.15) is 6.04 Å². The summed E-state index contributed by atoms with van der Waals surface area (Å²) < 4.78 is 0. The third kappa shape index (κ3) is 6.11. The summed E-state index contributed by atoms with van der Waals surface area (Å²) in [6.45, 7) is 1.82. The van der Waals surface area contributed by atoms with Crippen LogP contribution in [0.5, 0.6) is 0 Å². The molecule has 176 valence electrons. The molecular weight excluding hydrogens is 456 g/mol. The Morgan fingerprint density at radius 3 is 2.23 bits per heavy atom. The molecule has 0 aliphatic rings. The molecule has 2 amide bonds. The zero-order chi connectivity index (χ0) is 24.6. The van der Waals surface area contributed by atoms with Gasteiger partial charge in [0.05, 0.1) is 6.42 Å². The van der Waals surface area contributed by atoms with E-state index in [-0.39, 0.29) is 24.0 Å². The average molecular weight is 483 g/mol. The van der Waals surface area contributed by atoms with E-state index in [4.69, 9.17) is 0 Å². The van der Waals surface area contributed by atoms with Gasteiger partial charge in [-0.25, -0.2) is 0 Å². The normalized spacial score (nSPS) is 11.5. The number of thiophene rings is 1. The van der Waals surface area contributed by atoms with Gasteiger partial charge in [0, 0.05) is 22.7 Å². The fourth-order valence-electron chi connectivity index (χ4n) is 3.89. The number of carbonyl (C=O) groups excluding carboxylic acids is 3. The van der Waals surface area contributed by atoms with E-state index in [1.54, 1.807) is 24.3 Å². The summed E-state index contributed by atoms with van der Waals surface area (Å²) in [5.41, 5.74) is 2.63. The molecule has 4 aromatic rings. The van der Waals surface area contributed by atoms with Crippen LogP contribution in [0.25, 0.3) is 0 Å². The van der Waals surface area contributed by atoms with Crippen LogP contribution in [-0.4, -0.2) is 17.6 Å². The molecule has 3 aromatic carbocycles. The Kier molecular flexibility index (Phi) is 7.85. The van der Waals surface area contributed by atoms with Crippen molar-refractivity contribution >= 4 is 34.6 Å². The predicted octanol–water partition coefficient (Wildman–Crippen LogP) is 5.58. The van der Waals surface area contributed by atoms with E-state index >= 15 is 0 Å². The van der Waals surface area contributed by atoms with Crippen molar-refractivity contribution in [2.24, 2.45) is 0 Å². The second kappa shape index (κ2) is 11.4. The lowest BCUT2D eigenvalue weighted by molar-refractivity contribution is -0.126. The summed E-state index contributed by atoms with van der Waals surface area (Å²) in [4.78, 5) is 42.0. The highest BCUT2D eigenvalue weighted by Gasteiger charge is 2.33. The summed E-state index contributed by atoms with van der Waals surface area (Å²) in [5.74, 6) is -0.632. The maximum atomic E-state index is 13.8. The highest BCUT2D eigenvalue weighted by molar-refractivity contribution is 7.10. The van der Waals surface area contributed by atoms with E-state index in [2.05, 4.69) is 5.32 Å². The average Bonchev–Trinajstić information content (AvgIpc) is 3.40. The smallest absolute Gasteiger partial charge is 0.248 e. The van der Waals surface area contributed by atoms with E-state index in [0.717, 1.165) is 10.4 Å². The van der Waals surface area contributed by atoms with E-state index in [1.807, 2.05) is 78.2 Å². The lowest BCUT2D eigenvalue weighted by atomic mass is 10.0. The van der Waals surface area contributed by atoms with Crippen molar-refractivity contribution < 1.29 is 14.4 Å². The van der Waals surface area contributed by atoms with Crippen LogP contribution in [0.1, 0.15) is 39.3 Å². The maximum Gasteiger partial charge on any atom is 0.248 e. The van der Waals surface area contributed by atoms with Gasteiger partial charge in [-0.3, -0.25) is 19.3 Å². The molecule has 0 fully saturated rings. The Morgan fingerprint density at radius 2 is 1.57 bits per heavy atom. The van der Waals surface area contributed by atoms with Crippen LogP contribution in [-0.2, 0) is 22.6 Å². The predicted molar refractivity (Wildman–Crippen MR) is 139 cm³/mol. The standard InChI is InChI=1S/C29H26N2O3S/c1-21(32)24-14-8-15-25(18-24)31(27(33)19-26-16-9-17-35-26)28(23-12-6-3-7-13-23)29(34)30-20-22-10-4-2-5-11-22/h2-18,28H,19-20H2,1H3,(H,30,34)/t28-/m1/s1. The first kappa shape index (κ1) is 24.1. The summed E-state index contributed by atoms with van der Waals surface area (Å²) >= 11 is 1.49. The number of hydrogen-bond donors (Lipinski definition) is 1. The molecule has 4 rings (SSSR count). The molecular formula is C29H26N2O3S. The zero-order valence-electron chi connectivity index (χ0n) is 19.4. The molecule has 0 aliphatic carbocycles. The number of nitrogens with zero attached hydrogens (tertiary/aromatic N) is 1. The summed E-state index contributed by atoms with van der Waals surface area (Å²) in [6.07, 6.45) is 0.150. The van der Waals surface area contributed by atoms with Crippen molar-refractivity contribution in [2.75, 3.05) is 4.90 Å². The van der Waals surface area contributed by atoms with Gasteiger partial charge in [-0.05, 0) is 41.6 Å². The number of rotatable bonds is 9. The number of benzene rings is 3. The van der Waals surface area contributed by atoms with Gasteiger partial charge < -0.3 is 5.32 Å². The number of anilines is 1. The quantitative estimate of drug-likeness (QED) is 0.317. The molecule has 1 aromatic heterocycles. The van der Waals surface area contributed by atoms with Gasteiger partial charge in [0.2, 0.25) is 11.8 Å². The third-order valence-corrected chi connectivity index (χ3v) is 6.51. The van der Waals surface area contributed by atoms with Gasteiger partial charge in [0.15, 0.2) is 5.78 Å². The Hall–Kier alpha value is -4.03. The van der Waals surface area contributed by atoms with Crippen LogP contribution in [0.15, 0.2) is 102 Å². The molecule has 35 heavy (non-hydrogen) atoms. The van der Waals surface area contributed by atoms with Gasteiger partial charge in [-0.15, -0.1) is 11.3 Å². The van der Waals surface area contributed by atoms with Crippen molar-refractivity contribution in [1.82, 2.24) is 5.32 Å². The zero-order valence-corrected chi connectivity index (χ0v) is 20.2. The monoisotopic (exact) mass is 482 g/mol. The highest BCUT2D eigenvalue weighted by Crippen LogP contribution is 2.30. The Morgan fingerprint density at radius 1 is 0.857 bits per heavy atom. The van der Waals surface area contributed by atoms with Crippen molar-refractivity contribution in [1.29, 1.82) is 0 Å². The summed E-state index contributed by atoms with van der Waals surface area (Å²) in [5, 5.41) is 4.92. The molecule has 0 spiro atoms. The minimum atomic E-state index is -0.908. The molecule has 1 atom stereocenters. The fourth-order valence-corrected chi connectivity index (χ4v) is 4.59. The van der Waals surface area contributed by atoms with Crippen LogP contribution >= 0.6 is 11.3 Å². The molecule has 1 heterocycles. The SMILES string of the molecule is CC(=O)c1cccc(N(C(=O)Cc2cccs2)[C@@H](C(=O)NCc2ccccc2)c2ccccc2)c1. The number of carbonyl (C=O) groups is 3. The number of ketones is 1. The van der Waals surface area contributed by atoms with Crippen LogP contribution in [0.4, 0.5) is 5.69 Å². The minimum Gasteiger partial charge on any atom is -0.350 e. The molecule has 6 heteroatoms. The van der Waals surface area contributed by atoms with Gasteiger partial charge in [0.25, 0.3) is 0 Å². The van der Waals surface area contributed by atoms with Crippen LogP contribution in [0, 0.1) is 0 Å². The Bertz CT molecular complexity index is 1290. The molecule has 0 unspecified atom stereocenters. The third-order valence-electron chi connectivity index (χ3n) is 5.64. The van der Waals surface area contributed by atoms with Gasteiger partial charge in [-0.2, -0.15) is 0 Å². The minimum absolute atomic E-state index is 0.109. The Balaban J connectivity index is 1.75. The molecule has 0 saturated carbocycles. The lowest BCUT2D eigenvalue weighted by Gasteiger charge is -2.32.